The zero-order valence-corrected chi connectivity index (χ0v) is 28.6. The normalized spacial score (nSPS) is 12.2. The SMILES string of the molecule is C=CC(=O)Oc1ccc(C(=O)Sc2ccc(C#Cc3ccc(C#Cc4ccc(OC(=O)C(=C)CC(=O)OC5CCCCC5)cc4)cc3)cc2)cc1. The highest BCUT2D eigenvalue weighted by Gasteiger charge is 2.20. The van der Waals surface area contributed by atoms with Gasteiger partial charge in [0.1, 0.15) is 17.6 Å². The summed E-state index contributed by atoms with van der Waals surface area (Å²) in [5.41, 5.74) is 3.71. The quantitative estimate of drug-likeness (QED) is 0.0569. The van der Waals surface area contributed by atoms with Crippen LogP contribution in [0.2, 0.25) is 0 Å². The molecule has 0 N–H and O–H groups in total. The lowest BCUT2D eigenvalue weighted by Crippen LogP contribution is -2.22. The van der Waals surface area contributed by atoms with Crippen molar-refractivity contribution >= 4 is 34.8 Å². The van der Waals surface area contributed by atoms with Crippen LogP contribution < -0.4 is 9.47 Å². The zero-order valence-electron chi connectivity index (χ0n) is 27.8. The molecule has 254 valence electrons. The minimum atomic E-state index is -0.670. The van der Waals surface area contributed by atoms with Gasteiger partial charge in [-0.25, -0.2) is 9.59 Å². The van der Waals surface area contributed by atoms with Gasteiger partial charge in [-0.05, 0) is 135 Å². The number of thioether (sulfide) groups is 1. The summed E-state index contributed by atoms with van der Waals surface area (Å²) in [6.45, 7) is 7.06. The maximum absolute atomic E-state index is 12.7. The first-order valence-electron chi connectivity index (χ1n) is 16.3. The molecule has 0 spiro atoms. The van der Waals surface area contributed by atoms with Crippen molar-refractivity contribution in [1.29, 1.82) is 0 Å². The fraction of sp³-hybridized carbons (Fsp3) is 0.163. The van der Waals surface area contributed by atoms with Crippen molar-refractivity contribution in [2.45, 2.75) is 49.5 Å². The molecule has 0 aromatic heterocycles. The Morgan fingerprint density at radius 3 is 1.67 bits per heavy atom. The predicted molar refractivity (Wildman–Crippen MR) is 196 cm³/mol. The van der Waals surface area contributed by atoms with Crippen molar-refractivity contribution in [2.75, 3.05) is 0 Å². The smallest absolute Gasteiger partial charge is 0.339 e. The fourth-order valence-corrected chi connectivity index (χ4v) is 5.70. The van der Waals surface area contributed by atoms with Crippen LogP contribution in [0.4, 0.5) is 0 Å². The number of ether oxygens (including phenoxy) is 3. The van der Waals surface area contributed by atoms with Gasteiger partial charge in [0.15, 0.2) is 0 Å². The molecule has 0 unspecified atom stereocenters. The molecule has 5 rings (SSSR count). The van der Waals surface area contributed by atoms with Crippen molar-refractivity contribution in [2.24, 2.45) is 0 Å². The van der Waals surface area contributed by atoms with Crippen LogP contribution >= 0.6 is 11.8 Å². The second-order valence-corrected chi connectivity index (χ2v) is 12.6. The van der Waals surface area contributed by atoms with Crippen molar-refractivity contribution in [3.63, 3.8) is 0 Å². The molecule has 0 heterocycles. The van der Waals surface area contributed by atoms with Gasteiger partial charge in [-0.3, -0.25) is 9.59 Å². The Labute approximate surface area is 301 Å². The summed E-state index contributed by atoms with van der Waals surface area (Å²) in [5, 5.41) is -0.135. The summed E-state index contributed by atoms with van der Waals surface area (Å²) in [4.78, 5) is 49.4. The van der Waals surface area contributed by atoms with E-state index in [0.29, 0.717) is 17.1 Å². The standard InChI is InChI=1S/C43H34O7S/c1-3-40(44)48-37-25-21-35(22-26-37)43(47)51-39-27-19-34(20-28-39)16-14-32-11-9-31(10-12-32)13-15-33-17-23-38(24-18-33)50-42(46)30(2)29-41(45)49-36-7-5-4-6-8-36/h3,9-12,17-28,36H,1-2,4-8,29H2. The highest BCUT2D eigenvalue weighted by atomic mass is 32.2. The Balaban J connectivity index is 1.08. The zero-order chi connectivity index (χ0) is 36.0. The molecule has 1 aliphatic rings. The molecule has 51 heavy (non-hydrogen) atoms. The van der Waals surface area contributed by atoms with Crippen molar-refractivity contribution in [3.8, 4) is 35.2 Å². The molecule has 8 heteroatoms. The van der Waals surface area contributed by atoms with Gasteiger partial charge >= 0.3 is 17.9 Å². The highest BCUT2D eigenvalue weighted by Crippen LogP contribution is 2.25. The Morgan fingerprint density at radius 2 is 1.14 bits per heavy atom. The molecule has 7 nitrogen and oxygen atoms in total. The third-order valence-corrected chi connectivity index (χ3v) is 8.62. The van der Waals surface area contributed by atoms with Crippen molar-refractivity contribution in [1.82, 2.24) is 0 Å². The number of carbonyl (C=O) groups is 4. The molecule has 1 saturated carbocycles. The maximum atomic E-state index is 12.7. The Bertz CT molecular complexity index is 2030. The molecular weight excluding hydrogens is 661 g/mol. The second-order valence-electron chi connectivity index (χ2n) is 11.6. The van der Waals surface area contributed by atoms with Crippen LogP contribution in [0.1, 0.15) is 71.1 Å². The number of esters is 3. The summed E-state index contributed by atoms with van der Waals surface area (Å²) in [6, 6.07) is 28.1. The van der Waals surface area contributed by atoms with E-state index in [1.165, 1.54) is 0 Å². The van der Waals surface area contributed by atoms with Crippen LogP contribution in [0, 0.1) is 23.7 Å². The average Bonchev–Trinajstić information content (AvgIpc) is 3.15. The van der Waals surface area contributed by atoms with E-state index >= 15 is 0 Å². The average molecular weight is 695 g/mol. The molecule has 4 aromatic carbocycles. The first kappa shape index (κ1) is 36.2. The minimum Gasteiger partial charge on any atom is -0.462 e. The maximum Gasteiger partial charge on any atom is 0.339 e. The molecular formula is C43H34O7S. The van der Waals surface area contributed by atoms with Gasteiger partial charge in [0.25, 0.3) is 0 Å². The molecule has 0 radical (unpaired) electrons. The monoisotopic (exact) mass is 694 g/mol. The summed E-state index contributed by atoms with van der Waals surface area (Å²) in [5.74, 6) is 11.5. The first-order chi connectivity index (χ1) is 24.7. The van der Waals surface area contributed by atoms with Gasteiger partial charge in [-0.2, -0.15) is 0 Å². The second kappa shape index (κ2) is 18.1. The number of carbonyl (C=O) groups excluding carboxylic acids is 4. The van der Waals surface area contributed by atoms with Gasteiger partial charge in [-0.15, -0.1) is 0 Å². The van der Waals surface area contributed by atoms with Crippen LogP contribution in [0.25, 0.3) is 0 Å². The van der Waals surface area contributed by atoms with Crippen molar-refractivity contribution in [3.05, 3.63) is 150 Å². The number of rotatable bonds is 9. The lowest BCUT2D eigenvalue weighted by molar-refractivity contribution is -0.150. The van der Waals surface area contributed by atoms with Gasteiger partial charge in [0, 0.05) is 44.4 Å². The van der Waals surface area contributed by atoms with Crippen LogP contribution in [0.5, 0.6) is 11.5 Å². The van der Waals surface area contributed by atoms with E-state index in [4.69, 9.17) is 14.2 Å². The molecule has 4 aromatic rings. The molecule has 0 atom stereocenters. The Hall–Kier alpha value is -6.09. The van der Waals surface area contributed by atoms with E-state index in [0.717, 1.165) is 77.1 Å². The van der Waals surface area contributed by atoms with Gasteiger partial charge in [-0.1, -0.05) is 43.3 Å². The first-order valence-corrected chi connectivity index (χ1v) is 17.2. The molecule has 1 fully saturated rings. The predicted octanol–water partition coefficient (Wildman–Crippen LogP) is 8.24. The van der Waals surface area contributed by atoms with Gasteiger partial charge in [0.2, 0.25) is 5.12 Å². The summed E-state index contributed by atoms with van der Waals surface area (Å²) in [7, 11) is 0. The molecule has 0 aliphatic heterocycles. The van der Waals surface area contributed by atoms with Crippen LogP contribution in [-0.4, -0.2) is 29.1 Å². The Morgan fingerprint density at radius 1 is 0.667 bits per heavy atom. The van der Waals surface area contributed by atoms with Gasteiger partial charge in [0.05, 0.1) is 6.42 Å². The van der Waals surface area contributed by atoms with Gasteiger partial charge < -0.3 is 14.2 Å². The summed E-state index contributed by atoms with van der Waals surface area (Å²) in [6.07, 6.45) is 5.78. The number of benzene rings is 4. The summed E-state index contributed by atoms with van der Waals surface area (Å²) < 4.78 is 15.9. The molecule has 0 amide bonds. The third-order valence-electron chi connectivity index (χ3n) is 7.69. The molecule has 0 saturated heterocycles. The van der Waals surface area contributed by atoms with E-state index in [1.807, 2.05) is 48.5 Å². The molecule has 1 aliphatic carbocycles. The van der Waals surface area contributed by atoms with E-state index in [1.54, 1.807) is 48.5 Å². The lowest BCUT2D eigenvalue weighted by Gasteiger charge is -2.21. The van der Waals surface area contributed by atoms with E-state index < -0.39 is 17.9 Å². The highest BCUT2D eigenvalue weighted by molar-refractivity contribution is 8.14. The van der Waals surface area contributed by atoms with Crippen LogP contribution in [0.15, 0.2) is 127 Å². The fourth-order valence-electron chi connectivity index (χ4n) is 4.96. The third kappa shape index (κ3) is 11.5. The number of hydrogen-bond acceptors (Lipinski definition) is 8. The minimum absolute atomic E-state index is 0.0465. The van der Waals surface area contributed by atoms with Crippen LogP contribution in [-0.2, 0) is 19.1 Å². The Kier molecular flexibility index (Phi) is 12.8. The van der Waals surface area contributed by atoms with E-state index in [2.05, 4.69) is 36.8 Å². The summed E-state index contributed by atoms with van der Waals surface area (Å²) >= 11 is 1.10. The molecule has 0 bridgehead atoms. The van der Waals surface area contributed by atoms with Crippen LogP contribution in [0.3, 0.4) is 0 Å². The van der Waals surface area contributed by atoms with E-state index in [-0.39, 0.29) is 23.2 Å². The van der Waals surface area contributed by atoms with E-state index in [9.17, 15) is 19.2 Å². The largest absolute Gasteiger partial charge is 0.462 e. The number of hydrogen-bond donors (Lipinski definition) is 0. The van der Waals surface area contributed by atoms with Crippen molar-refractivity contribution < 1.29 is 33.4 Å². The lowest BCUT2D eigenvalue weighted by atomic mass is 9.98. The topological polar surface area (TPSA) is 96.0 Å².